The fourth-order valence-corrected chi connectivity index (χ4v) is 2.69. The van der Waals surface area contributed by atoms with Gasteiger partial charge in [-0.1, -0.05) is 36.4 Å². The highest BCUT2D eigenvalue weighted by Crippen LogP contribution is 2.25. The number of hydrogen-bond donors (Lipinski definition) is 1. The van der Waals surface area contributed by atoms with E-state index >= 15 is 0 Å². The van der Waals surface area contributed by atoms with Gasteiger partial charge < -0.3 is 4.74 Å². The van der Waals surface area contributed by atoms with Gasteiger partial charge in [-0.05, 0) is 45.3 Å². The van der Waals surface area contributed by atoms with Crippen LogP contribution in [0.25, 0.3) is 21.5 Å². The van der Waals surface area contributed by atoms with Gasteiger partial charge in [-0.25, -0.2) is 4.79 Å². The van der Waals surface area contributed by atoms with Gasteiger partial charge in [0, 0.05) is 0 Å². The number of halogens is 2. The molecular formula is C17H12F2O5S. The van der Waals surface area contributed by atoms with Crippen molar-refractivity contribution in [3.63, 3.8) is 0 Å². The van der Waals surface area contributed by atoms with E-state index in [1.165, 1.54) is 0 Å². The second kappa shape index (κ2) is 6.05. The lowest BCUT2D eigenvalue weighted by molar-refractivity contribution is -0.162. The van der Waals surface area contributed by atoms with Crippen LogP contribution in [-0.2, 0) is 26.3 Å². The maximum atomic E-state index is 13.1. The molecule has 0 bridgehead atoms. The molecule has 0 radical (unpaired) electrons. The molecule has 0 amide bonds. The zero-order chi connectivity index (χ0) is 18.2. The molecule has 0 atom stereocenters. The van der Waals surface area contributed by atoms with Crippen LogP contribution < -0.4 is 0 Å². The van der Waals surface area contributed by atoms with Gasteiger partial charge in [-0.3, -0.25) is 4.55 Å². The number of rotatable bonds is 4. The molecule has 8 heteroatoms. The third kappa shape index (κ3) is 3.31. The van der Waals surface area contributed by atoms with Crippen LogP contribution in [-0.4, -0.2) is 24.2 Å². The smallest absolute Gasteiger partial charge is 0.455 e. The molecule has 0 unspecified atom stereocenters. The molecule has 0 aliphatic rings. The van der Waals surface area contributed by atoms with Crippen molar-refractivity contribution in [2.45, 2.75) is 11.9 Å². The third-order valence-corrected chi connectivity index (χ3v) is 4.52. The third-order valence-electron chi connectivity index (χ3n) is 3.70. The van der Waals surface area contributed by atoms with Crippen LogP contribution in [0, 0.1) is 0 Å². The monoisotopic (exact) mass is 366 g/mol. The summed E-state index contributed by atoms with van der Waals surface area (Å²) < 4.78 is 60.0. The average Bonchev–Trinajstić information content (AvgIpc) is 2.56. The fraction of sp³-hybridized carbons (Fsp3) is 0.118. The molecule has 3 aromatic rings. The minimum atomic E-state index is -5.87. The zero-order valence-electron chi connectivity index (χ0n) is 12.6. The van der Waals surface area contributed by atoms with Gasteiger partial charge >= 0.3 is 21.3 Å². The molecule has 0 heterocycles. The Kier molecular flexibility index (Phi) is 4.18. The van der Waals surface area contributed by atoms with Crippen LogP contribution >= 0.6 is 0 Å². The van der Waals surface area contributed by atoms with Crippen LogP contribution in [0.15, 0.2) is 54.6 Å². The summed E-state index contributed by atoms with van der Waals surface area (Å²) in [7, 11) is -5.87. The van der Waals surface area contributed by atoms with Crippen molar-refractivity contribution in [3.05, 3.63) is 60.2 Å². The van der Waals surface area contributed by atoms with E-state index in [1.54, 1.807) is 18.2 Å². The molecule has 0 saturated carbocycles. The SMILES string of the molecule is O=C(OCc1ccc2cc3ccccc3cc2c1)C(F)(F)S(=O)(=O)O. The van der Waals surface area contributed by atoms with Gasteiger partial charge in [0.15, 0.2) is 0 Å². The number of hydrogen-bond acceptors (Lipinski definition) is 4. The molecule has 0 fully saturated rings. The van der Waals surface area contributed by atoms with Crippen molar-refractivity contribution in [3.8, 4) is 0 Å². The van der Waals surface area contributed by atoms with E-state index in [0.29, 0.717) is 5.56 Å². The average molecular weight is 366 g/mol. The van der Waals surface area contributed by atoms with Crippen LogP contribution in [0.4, 0.5) is 8.78 Å². The minimum absolute atomic E-state index is 0.405. The highest BCUT2D eigenvalue weighted by molar-refractivity contribution is 7.87. The Balaban J connectivity index is 1.85. The molecule has 0 spiro atoms. The Morgan fingerprint density at radius 2 is 1.52 bits per heavy atom. The second-order valence-electron chi connectivity index (χ2n) is 5.45. The van der Waals surface area contributed by atoms with Gasteiger partial charge in [0.1, 0.15) is 6.61 Å². The van der Waals surface area contributed by atoms with E-state index in [4.69, 9.17) is 4.55 Å². The van der Waals surface area contributed by atoms with E-state index in [0.717, 1.165) is 21.5 Å². The number of ether oxygens (including phenoxy) is 1. The van der Waals surface area contributed by atoms with Crippen molar-refractivity contribution in [2.24, 2.45) is 0 Å². The Morgan fingerprint density at radius 3 is 2.12 bits per heavy atom. The summed E-state index contributed by atoms with van der Waals surface area (Å²) >= 11 is 0. The predicted molar refractivity (Wildman–Crippen MR) is 87.7 cm³/mol. The molecule has 0 aliphatic heterocycles. The quantitative estimate of drug-likeness (QED) is 0.434. The molecule has 3 aromatic carbocycles. The lowest BCUT2D eigenvalue weighted by Gasteiger charge is -2.12. The normalized spacial score (nSPS) is 12.4. The van der Waals surface area contributed by atoms with Crippen LogP contribution in [0.5, 0.6) is 0 Å². The van der Waals surface area contributed by atoms with Gasteiger partial charge in [0.2, 0.25) is 0 Å². The van der Waals surface area contributed by atoms with E-state index in [2.05, 4.69) is 4.74 Å². The maximum absolute atomic E-state index is 13.1. The Bertz CT molecular complexity index is 1080. The van der Waals surface area contributed by atoms with Crippen LogP contribution in [0.2, 0.25) is 0 Å². The first-order valence-corrected chi connectivity index (χ1v) is 8.56. The van der Waals surface area contributed by atoms with E-state index < -0.39 is 27.9 Å². The molecule has 0 saturated heterocycles. The number of benzene rings is 3. The molecule has 1 N–H and O–H groups in total. The number of carbonyl (C=O) groups excluding carboxylic acids is 1. The fourth-order valence-electron chi connectivity index (χ4n) is 2.42. The summed E-state index contributed by atoms with van der Waals surface area (Å²) in [6, 6.07) is 16.5. The maximum Gasteiger partial charge on any atom is 0.465 e. The van der Waals surface area contributed by atoms with Crippen LogP contribution in [0.1, 0.15) is 5.56 Å². The highest BCUT2D eigenvalue weighted by atomic mass is 32.2. The molecule has 3 rings (SSSR count). The molecule has 25 heavy (non-hydrogen) atoms. The zero-order valence-corrected chi connectivity index (χ0v) is 13.5. The standard InChI is InChI=1S/C17H12F2O5S/c18-17(19,25(21,22)23)16(20)24-10-11-5-6-14-8-12-3-1-2-4-13(12)9-15(14)7-11/h1-9H,10H2,(H,21,22,23). The molecule has 0 aromatic heterocycles. The Labute approximate surface area is 141 Å². The van der Waals surface area contributed by atoms with Crippen molar-refractivity contribution >= 4 is 37.6 Å². The lowest BCUT2D eigenvalue weighted by Crippen LogP contribution is -2.38. The number of alkyl halides is 2. The molecule has 0 aliphatic carbocycles. The first-order chi connectivity index (χ1) is 11.7. The van der Waals surface area contributed by atoms with Gasteiger partial charge in [0.05, 0.1) is 0 Å². The van der Waals surface area contributed by atoms with Gasteiger partial charge in [-0.2, -0.15) is 17.2 Å². The lowest BCUT2D eigenvalue weighted by atomic mass is 10.0. The molecular weight excluding hydrogens is 354 g/mol. The van der Waals surface area contributed by atoms with Crippen molar-refractivity contribution in [1.82, 2.24) is 0 Å². The summed E-state index contributed by atoms with van der Waals surface area (Å²) in [5.41, 5.74) is 0.405. The van der Waals surface area contributed by atoms with E-state index in [-0.39, 0.29) is 0 Å². The second-order valence-corrected chi connectivity index (χ2v) is 6.91. The Morgan fingerprint density at radius 1 is 0.960 bits per heavy atom. The summed E-state index contributed by atoms with van der Waals surface area (Å²) in [6.07, 6.45) is 0. The number of carbonyl (C=O) groups is 1. The Hall–Kier alpha value is -2.58. The molecule has 5 nitrogen and oxygen atoms in total. The van der Waals surface area contributed by atoms with Crippen molar-refractivity contribution in [2.75, 3.05) is 0 Å². The van der Waals surface area contributed by atoms with E-state index in [9.17, 15) is 22.0 Å². The van der Waals surface area contributed by atoms with Crippen molar-refractivity contribution < 1.29 is 31.3 Å². The predicted octanol–water partition coefficient (Wildman–Crippen LogP) is 3.52. The van der Waals surface area contributed by atoms with Gasteiger partial charge in [0.25, 0.3) is 0 Å². The van der Waals surface area contributed by atoms with E-state index in [1.807, 2.05) is 36.4 Å². The number of fused-ring (bicyclic) bond motifs is 2. The summed E-state index contributed by atoms with van der Waals surface area (Å²) in [4.78, 5) is 11.2. The van der Waals surface area contributed by atoms with Crippen molar-refractivity contribution in [1.29, 1.82) is 0 Å². The summed E-state index contributed by atoms with van der Waals surface area (Å²) in [5.74, 6) is -2.33. The summed E-state index contributed by atoms with van der Waals surface area (Å²) in [6.45, 7) is -0.549. The first kappa shape index (κ1) is 17.2. The molecule has 130 valence electrons. The largest absolute Gasteiger partial charge is 0.465 e. The van der Waals surface area contributed by atoms with Crippen LogP contribution in [0.3, 0.4) is 0 Å². The summed E-state index contributed by atoms with van der Waals surface area (Å²) in [5, 5.41) is -1.24. The minimum Gasteiger partial charge on any atom is -0.455 e. The number of esters is 1. The van der Waals surface area contributed by atoms with Gasteiger partial charge in [-0.15, -0.1) is 0 Å². The topological polar surface area (TPSA) is 80.7 Å². The highest BCUT2D eigenvalue weighted by Gasteiger charge is 2.54. The first-order valence-electron chi connectivity index (χ1n) is 7.12.